The van der Waals surface area contributed by atoms with E-state index in [-0.39, 0.29) is 12.4 Å². The number of thioether (sulfide) groups is 1. The molecule has 0 fully saturated rings. The van der Waals surface area contributed by atoms with E-state index in [1.165, 1.54) is 11.0 Å². The molecule has 4 nitrogen and oxygen atoms in total. The Labute approximate surface area is 140 Å². The lowest BCUT2D eigenvalue weighted by atomic mass is 10.3. The summed E-state index contributed by atoms with van der Waals surface area (Å²) in [5, 5.41) is 6.40. The SMILES string of the molecule is CCNC(=NCc1ncccc1F)NCCSc1ccccc1. The molecule has 0 spiro atoms. The number of pyridine rings is 1. The van der Waals surface area contributed by atoms with E-state index in [4.69, 9.17) is 0 Å². The minimum absolute atomic E-state index is 0.216. The third-order valence-corrected chi connectivity index (χ3v) is 3.99. The Kier molecular flexibility index (Phi) is 7.39. The van der Waals surface area contributed by atoms with Gasteiger partial charge in [-0.25, -0.2) is 9.38 Å². The zero-order chi connectivity index (χ0) is 16.3. The smallest absolute Gasteiger partial charge is 0.191 e. The van der Waals surface area contributed by atoms with Gasteiger partial charge in [0.1, 0.15) is 5.82 Å². The van der Waals surface area contributed by atoms with E-state index in [9.17, 15) is 4.39 Å². The molecule has 0 saturated carbocycles. The number of benzene rings is 1. The topological polar surface area (TPSA) is 49.3 Å². The molecule has 6 heteroatoms. The Balaban J connectivity index is 1.81. The Morgan fingerprint density at radius 2 is 2.00 bits per heavy atom. The molecule has 0 aliphatic carbocycles. The predicted molar refractivity (Wildman–Crippen MR) is 94.2 cm³/mol. The van der Waals surface area contributed by atoms with Crippen LogP contribution in [0.1, 0.15) is 12.6 Å². The molecule has 0 unspecified atom stereocenters. The van der Waals surface area contributed by atoms with Crippen LogP contribution in [-0.4, -0.2) is 29.8 Å². The standard InChI is InChI=1S/C17H21FN4S/c1-2-19-17(22-13-16-15(18)9-6-10-20-16)21-11-12-23-14-7-4-3-5-8-14/h3-10H,2,11-13H2,1H3,(H2,19,21,22). The highest BCUT2D eigenvalue weighted by Gasteiger charge is 2.02. The predicted octanol–water partition coefficient (Wildman–Crippen LogP) is 3.07. The molecule has 0 radical (unpaired) electrons. The van der Waals surface area contributed by atoms with Crippen molar-refractivity contribution in [3.63, 3.8) is 0 Å². The van der Waals surface area contributed by atoms with Crippen LogP contribution in [0, 0.1) is 5.82 Å². The zero-order valence-electron chi connectivity index (χ0n) is 13.1. The molecular weight excluding hydrogens is 311 g/mol. The monoisotopic (exact) mass is 332 g/mol. The molecule has 0 amide bonds. The molecule has 0 saturated heterocycles. The fraction of sp³-hybridized carbons (Fsp3) is 0.294. The van der Waals surface area contributed by atoms with Crippen LogP contribution < -0.4 is 10.6 Å². The zero-order valence-corrected chi connectivity index (χ0v) is 13.9. The summed E-state index contributed by atoms with van der Waals surface area (Å²) in [6, 6.07) is 13.2. The van der Waals surface area contributed by atoms with Gasteiger partial charge in [0.25, 0.3) is 0 Å². The number of hydrogen-bond acceptors (Lipinski definition) is 3. The van der Waals surface area contributed by atoms with Crippen molar-refractivity contribution in [1.82, 2.24) is 15.6 Å². The van der Waals surface area contributed by atoms with Gasteiger partial charge in [0.2, 0.25) is 0 Å². The fourth-order valence-corrected chi connectivity index (χ4v) is 2.67. The van der Waals surface area contributed by atoms with E-state index in [1.807, 2.05) is 25.1 Å². The molecule has 0 atom stereocenters. The van der Waals surface area contributed by atoms with Gasteiger partial charge in [-0.2, -0.15) is 0 Å². The fourth-order valence-electron chi connectivity index (χ4n) is 1.89. The van der Waals surface area contributed by atoms with Gasteiger partial charge in [0.15, 0.2) is 5.96 Å². The van der Waals surface area contributed by atoms with Gasteiger partial charge in [-0.1, -0.05) is 18.2 Å². The summed E-state index contributed by atoms with van der Waals surface area (Å²) in [6.45, 7) is 3.74. The molecule has 1 heterocycles. The molecular formula is C17H21FN4S. The van der Waals surface area contributed by atoms with Crippen molar-refractivity contribution < 1.29 is 4.39 Å². The van der Waals surface area contributed by atoms with Crippen molar-refractivity contribution >= 4 is 17.7 Å². The van der Waals surface area contributed by atoms with Crippen molar-refractivity contribution in [2.75, 3.05) is 18.8 Å². The average Bonchev–Trinajstić information content (AvgIpc) is 2.58. The Morgan fingerprint density at radius 1 is 1.17 bits per heavy atom. The van der Waals surface area contributed by atoms with E-state index < -0.39 is 0 Å². The Morgan fingerprint density at radius 3 is 2.74 bits per heavy atom. The summed E-state index contributed by atoms with van der Waals surface area (Å²) < 4.78 is 13.5. The summed E-state index contributed by atoms with van der Waals surface area (Å²) in [7, 11) is 0. The van der Waals surface area contributed by atoms with Gasteiger partial charge >= 0.3 is 0 Å². The minimum Gasteiger partial charge on any atom is -0.357 e. The molecule has 0 aliphatic rings. The molecule has 2 rings (SSSR count). The van der Waals surface area contributed by atoms with Gasteiger partial charge in [-0.15, -0.1) is 11.8 Å². The summed E-state index contributed by atoms with van der Waals surface area (Å²) in [5.74, 6) is 1.27. The summed E-state index contributed by atoms with van der Waals surface area (Å²) in [4.78, 5) is 9.62. The second-order valence-corrected chi connectivity index (χ2v) is 5.88. The Bertz CT molecular complexity index is 619. The first kappa shape index (κ1) is 17.3. The van der Waals surface area contributed by atoms with Crippen molar-refractivity contribution in [3.05, 3.63) is 60.2 Å². The highest BCUT2D eigenvalue weighted by atomic mass is 32.2. The first-order valence-corrected chi connectivity index (χ1v) is 8.57. The highest BCUT2D eigenvalue weighted by molar-refractivity contribution is 7.99. The van der Waals surface area contributed by atoms with Crippen molar-refractivity contribution in [3.8, 4) is 0 Å². The van der Waals surface area contributed by atoms with Crippen LogP contribution in [0.4, 0.5) is 4.39 Å². The van der Waals surface area contributed by atoms with Crippen LogP contribution in [0.15, 0.2) is 58.5 Å². The van der Waals surface area contributed by atoms with Crippen LogP contribution in [0.5, 0.6) is 0 Å². The van der Waals surface area contributed by atoms with Gasteiger partial charge in [-0.05, 0) is 31.2 Å². The number of hydrogen-bond donors (Lipinski definition) is 2. The van der Waals surface area contributed by atoms with Crippen LogP contribution >= 0.6 is 11.8 Å². The number of nitrogens with zero attached hydrogens (tertiary/aromatic N) is 2. The first-order chi connectivity index (χ1) is 11.3. The summed E-state index contributed by atoms with van der Waals surface area (Å²) >= 11 is 1.78. The van der Waals surface area contributed by atoms with Gasteiger partial charge in [-0.3, -0.25) is 4.98 Å². The molecule has 1 aromatic carbocycles. The molecule has 0 aliphatic heterocycles. The third kappa shape index (κ3) is 6.28. The number of rotatable bonds is 7. The van der Waals surface area contributed by atoms with Crippen LogP contribution in [0.2, 0.25) is 0 Å². The number of aromatic nitrogens is 1. The van der Waals surface area contributed by atoms with Crippen molar-refractivity contribution in [2.45, 2.75) is 18.4 Å². The van der Waals surface area contributed by atoms with Crippen LogP contribution in [0.25, 0.3) is 0 Å². The largest absolute Gasteiger partial charge is 0.357 e. The molecule has 0 bridgehead atoms. The second kappa shape index (κ2) is 9.84. The van der Waals surface area contributed by atoms with E-state index >= 15 is 0 Å². The summed E-state index contributed by atoms with van der Waals surface area (Å²) in [5.41, 5.74) is 0.350. The number of guanidine groups is 1. The van der Waals surface area contributed by atoms with Crippen molar-refractivity contribution in [1.29, 1.82) is 0 Å². The van der Waals surface area contributed by atoms with Crippen LogP contribution in [-0.2, 0) is 6.54 Å². The molecule has 122 valence electrons. The molecule has 23 heavy (non-hydrogen) atoms. The van der Waals surface area contributed by atoms with E-state index in [0.717, 1.165) is 18.8 Å². The molecule has 2 N–H and O–H groups in total. The van der Waals surface area contributed by atoms with Gasteiger partial charge in [0.05, 0.1) is 12.2 Å². The van der Waals surface area contributed by atoms with Crippen LogP contribution in [0.3, 0.4) is 0 Å². The highest BCUT2D eigenvalue weighted by Crippen LogP contribution is 2.15. The third-order valence-electron chi connectivity index (χ3n) is 2.97. The Hall–Kier alpha value is -2.08. The van der Waals surface area contributed by atoms with Gasteiger partial charge < -0.3 is 10.6 Å². The second-order valence-electron chi connectivity index (χ2n) is 4.72. The van der Waals surface area contributed by atoms with E-state index in [2.05, 4.69) is 32.7 Å². The first-order valence-electron chi connectivity index (χ1n) is 7.59. The average molecular weight is 332 g/mol. The maximum absolute atomic E-state index is 13.5. The maximum atomic E-state index is 13.5. The van der Waals surface area contributed by atoms with E-state index in [1.54, 1.807) is 24.0 Å². The van der Waals surface area contributed by atoms with Crippen molar-refractivity contribution in [2.24, 2.45) is 4.99 Å². The summed E-state index contributed by atoms with van der Waals surface area (Å²) in [6.07, 6.45) is 1.57. The quantitative estimate of drug-likeness (QED) is 0.354. The van der Waals surface area contributed by atoms with E-state index in [0.29, 0.717) is 11.7 Å². The number of nitrogens with one attached hydrogen (secondary N) is 2. The lowest BCUT2D eigenvalue weighted by Crippen LogP contribution is -2.38. The maximum Gasteiger partial charge on any atom is 0.191 e. The number of aliphatic imine (C=N–C) groups is 1. The molecule has 1 aromatic heterocycles. The lowest BCUT2D eigenvalue weighted by Gasteiger charge is -2.11. The van der Waals surface area contributed by atoms with Gasteiger partial charge in [0, 0.05) is 29.9 Å². The minimum atomic E-state index is -0.327. The molecule has 2 aromatic rings. The normalized spacial score (nSPS) is 11.3. The number of halogens is 1. The lowest BCUT2D eigenvalue weighted by molar-refractivity contribution is 0.599.